The Morgan fingerprint density at radius 1 is 1.03 bits per heavy atom. The highest BCUT2D eigenvalue weighted by Gasteiger charge is 2.40. The third kappa shape index (κ3) is 5.17. The van der Waals surface area contributed by atoms with Gasteiger partial charge >= 0.3 is 6.18 Å². The van der Waals surface area contributed by atoms with Crippen LogP contribution in [0.3, 0.4) is 0 Å². The van der Waals surface area contributed by atoms with Crippen molar-refractivity contribution in [2.45, 2.75) is 31.9 Å². The molecule has 5 rings (SSSR count). The van der Waals surface area contributed by atoms with Crippen LogP contribution in [0.4, 0.5) is 27.6 Å². The van der Waals surface area contributed by atoms with E-state index in [1.807, 2.05) is 0 Å². The molecule has 1 aliphatic carbocycles. The Bertz CT molecular complexity index is 1540. The van der Waals surface area contributed by atoms with Crippen LogP contribution in [0.5, 0.6) is 11.5 Å². The van der Waals surface area contributed by atoms with Crippen molar-refractivity contribution < 1.29 is 36.3 Å². The fraction of sp³-hybridized carbons (Fsp3) is 0.185. The number of alkyl halides is 3. The minimum Gasteiger partial charge on any atom is -0.456 e. The highest BCUT2D eigenvalue weighted by molar-refractivity contribution is 6.36. The van der Waals surface area contributed by atoms with Crippen LogP contribution in [0.25, 0.3) is 0 Å². The molecule has 2 aliphatic rings. The number of anilines is 1. The highest BCUT2D eigenvalue weighted by atomic mass is 19.4. The summed E-state index contributed by atoms with van der Waals surface area (Å²) < 4.78 is 75.7. The summed E-state index contributed by atoms with van der Waals surface area (Å²) in [5.41, 5.74) is -1.16. The van der Waals surface area contributed by atoms with E-state index in [0.717, 1.165) is 30.5 Å². The first-order valence-electron chi connectivity index (χ1n) is 11.5. The molecule has 194 valence electrons. The maximum atomic E-state index is 14.3. The summed E-state index contributed by atoms with van der Waals surface area (Å²) in [6.45, 7) is 1.56. The number of ether oxygens (including phenoxy) is 1. The van der Waals surface area contributed by atoms with Crippen LogP contribution in [0, 0.1) is 18.6 Å². The third-order valence-electron chi connectivity index (χ3n) is 6.05. The summed E-state index contributed by atoms with van der Waals surface area (Å²) in [6, 6.07) is 8.93. The average molecular weight is 527 g/mol. The minimum atomic E-state index is -4.73. The van der Waals surface area contributed by atoms with Crippen LogP contribution >= 0.6 is 0 Å². The number of hydrogen-bond acceptors (Lipinski definition) is 4. The lowest BCUT2D eigenvalue weighted by atomic mass is 9.98. The molecule has 3 aromatic rings. The molecule has 0 spiro atoms. The average Bonchev–Trinajstić information content (AvgIpc) is 3.61. The van der Waals surface area contributed by atoms with Crippen LogP contribution in [-0.4, -0.2) is 23.9 Å². The second-order valence-electron chi connectivity index (χ2n) is 8.90. The number of carbonyl (C=O) groups is 2. The number of hydrogen-bond donors (Lipinski definition) is 1. The van der Waals surface area contributed by atoms with Crippen LogP contribution in [-0.2, 0) is 11.0 Å². The molecular weight excluding hydrogens is 509 g/mol. The van der Waals surface area contributed by atoms with Gasteiger partial charge in [0.2, 0.25) is 0 Å². The third-order valence-corrected chi connectivity index (χ3v) is 6.05. The van der Waals surface area contributed by atoms with Crippen molar-refractivity contribution in [2.75, 3.05) is 5.32 Å². The smallest absolute Gasteiger partial charge is 0.416 e. The Labute approximate surface area is 212 Å². The van der Waals surface area contributed by atoms with Crippen LogP contribution in [0.1, 0.15) is 51.4 Å². The van der Waals surface area contributed by atoms with E-state index in [9.17, 15) is 31.5 Å². The lowest BCUT2D eigenvalue weighted by Gasteiger charge is -2.19. The zero-order chi connectivity index (χ0) is 27.2. The molecule has 0 saturated heterocycles. The largest absolute Gasteiger partial charge is 0.456 e. The van der Waals surface area contributed by atoms with Crippen molar-refractivity contribution >= 4 is 29.6 Å². The molecule has 6 nitrogen and oxygen atoms in total. The number of amidine groups is 1. The number of carbonyl (C=O) groups excluding carboxylic acids is 2. The van der Waals surface area contributed by atoms with Crippen molar-refractivity contribution in [3.63, 3.8) is 0 Å². The molecule has 1 saturated carbocycles. The first-order valence-corrected chi connectivity index (χ1v) is 11.5. The first-order chi connectivity index (χ1) is 18.0. The number of benzene rings is 3. The van der Waals surface area contributed by atoms with E-state index in [2.05, 4.69) is 15.3 Å². The number of aliphatic imine (C=N–C) groups is 2. The van der Waals surface area contributed by atoms with Gasteiger partial charge in [0, 0.05) is 5.69 Å². The summed E-state index contributed by atoms with van der Waals surface area (Å²) in [5.74, 6) is -3.44. The Balaban J connectivity index is 1.55. The fourth-order valence-electron chi connectivity index (χ4n) is 4.06. The standard InChI is InChI=1S/C27H18F5N3O3/c1-13-8-15(28)4-7-22(13)38-23-11-17(14-2-3-14)20(27(30,31)32)10-19(23)26(37)34-16-5-6-21(29)18(9-16)25-33-12-24(36)35-25/h4-12,14H,2-3H2,1H3,(H,34,37). The second kappa shape index (κ2) is 9.47. The molecule has 0 radical (unpaired) electrons. The fourth-order valence-corrected chi connectivity index (χ4v) is 4.06. The number of nitrogens with zero attached hydrogens (tertiary/aromatic N) is 2. The summed E-state index contributed by atoms with van der Waals surface area (Å²) in [4.78, 5) is 31.9. The van der Waals surface area contributed by atoms with E-state index in [4.69, 9.17) is 4.74 Å². The quantitative estimate of drug-likeness (QED) is 0.368. The number of nitrogens with one attached hydrogen (secondary N) is 1. The van der Waals surface area contributed by atoms with Gasteiger partial charge in [0.05, 0.1) is 22.9 Å². The van der Waals surface area contributed by atoms with Gasteiger partial charge in [-0.2, -0.15) is 18.2 Å². The number of amides is 2. The van der Waals surface area contributed by atoms with E-state index in [1.54, 1.807) is 6.92 Å². The molecule has 1 N–H and O–H groups in total. The Hall–Kier alpha value is -4.41. The predicted octanol–water partition coefficient (Wildman–Crippen LogP) is 6.57. The molecule has 11 heteroatoms. The summed E-state index contributed by atoms with van der Waals surface area (Å²) in [6.07, 6.45) is -2.69. The van der Waals surface area contributed by atoms with Gasteiger partial charge in [-0.15, -0.1) is 0 Å². The van der Waals surface area contributed by atoms with Gasteiger partial charge in [-0.05, 0) is 85.3 Å². The monoisotopic (exact) mass is 527 g/mol. The summed E-state index contributed by atoms with van der Waals surface area (Å²) >= 11 is 0. The molecule has 1 aliphatic heterocycles. The van der Waals surface area contributed by atoms with Crippen LogP contribution in [0.15, 0.2) is 58.5 Å². The van der Waals surface area contributed by atoms with Crippen molar-refractivity contribution in [3.8, 4) is 11.5 Å². The number of aryl methyl sites for hydroxylation is 1. The molecule has 2 amide bonds. The van der Waals surface area contributed by atoms with E-state index < -0.39 is 40.8 Å². The maximum Gasteiger partial charge on any atom is 0.416 e. The highest BCUT2D eigenvalue weighted by Crippen LogP contribution is 2.48. The topological polar surface area (TPSA) is 80.1 Å². The summed E-state index contributed by atoms with van der Waals surface area (Å²) in [5, 5.41) is 2.45. The number of halogens is 5. The van der Waals surface area contributed by atoms with E-state index in [0.29, 0.717) is 18.4 Å². The van der Waals surface area contributed by atoms with Crippen LogP contribution < -0.4 is 10.1 Å². The van der Waals surface area contributed by atoms with Crippen molar-refractivity contribution in [2.24, 2.45) is 9.98 Å². The van der Waals surface area contributed by atoms with Gasteiger partial charge in [0.15, 0.2) is 5.84 Å². The Kier molecular flexibility index (Phi) is 6.29. The molecule has 1 fully saturated rings. The van der Waals surface area contributed by atoms with Gasteiger partial charge in [0.1, 0.15) is 23.1 Å². The van der Waals surface area contributed by atoms with Gasteiger partial charge in [-0.25, -0.2) is 13.8 Å². The first kappa shape index (κ1) is 25.2. The second-order valence-corrected chi connectivity index (χ2v) is 8.90. The van der Waals surface area contributed by atoms with Crippen molar-refractivity contribution in [1.29, 1.82) is 0 Å². The predicted molar refractivity (Wildman–Crippen MR) is 129 cm³/mol. The number of rotatable bonds is 6. The molecular formula is C27H18F5N3O3. The SMILES string of the molecule is Cc1cc(F)ccc1Oc1cc(C2CC2)c(C(F)(F)F)cc1C(=O)Nc1ccc(F)c(C2=NC(=O)C=N2)c1. The van der Waals surface area contributed by atoms with Crippen LogP contribution in [0.2, 0.25) is 0 Å². The molecule has 38 heavy (non-hydrogen) atoms. The normalized spacial score (nSPS) is 15.0. The zero-order valence-electron chi connectivity index (χ0n) is 19.7. The molecule has 0 bridgehead atoms. The minimum absolute atomic E-state index is 0.00894. The molecule has 1 heterocycles. The van der Waals surface area contributed by atoms with E-state index in [1.165, 1.54) is 24.3 Å². The molecule has 0 atom stereocenters. The Morgan fingerprint density at radius 3 is 2.42 bits per heavy atom. The van der Waals surface area contributed by atoms with E-state index >= 15 is 0 Å². The summed E-state index contributed by atoms with van der Waals surface area (Å²) in [7, 11) is 0. The van der Waals surface area contributed by atoms with Gasteiger partial charge in [-0.1, -0.05) is 0 Å². The van der Waals surface area contributed by atoms with Gasteiger partial charge in [-0.3, -0.25) is 9.59 Å². The van der Waals surface area contributed by atoms with Crippen molar-refractivity contribution in [3.05, 3.63) is 88.0 Å². The van der Waals surface area contributed by atoms with Crippen molar-refractivity contribution in [1.82, 2.24) is 0 Å². The van der Waals surface area contributed by atoms with Gasteiger partial charge in [0.25, 0.3) is 11.8 Å². The molecule has 0 aromatic heterocycles. The molecule has 3 aromatic carbocycles. The Morgan fingerprint density at radius 2 is 1.79 bits per heavy atom. The lowest BCUT2D eigenvalue weighted by Crippen LogP contribution is -2.17. The lowest BCUT2D eigenvalue weighted by molar-refractivity contribution is -0.138. The van der Waals surface area contributed by atoms with Gasteiger partial charge < -0.3 is 10.1 Å². The maximum absolute atomic E-state index is 14.3. The molecule has 0 unspecified atom stereocenters. The van der Waals surface area contributed by atoms with E-state index in [-0.39, 0.29) is 40.1 Å². The zero-order valence-corrected chi connectivity index (χ0v) is 19.7.